The molecule has 6 nitrogen and oxygen atoms in total. The largest absolute Gasteiger partial charge is 0.467 e. The van der Waals surface area contributed by atoms with Gasteiger partial charge in [0.05, 0.1) is 12.3 Å². The molecular weight excluding hydrogens is 414 g/mol. The highest BCUT2D eigenvalue weighted by atomic mass is 35.5. The standard InChI is InChI=1S/C24H20ClN3O3/c1-14(29)28-20(21-8-5-11-31-21)13-19(27-28)23-22(15-6-3-2-4-7-15)17-12-16(25)9-10-18(17)26-24(23)30/h2-12,19-20,27H,13H2,1H3,(H,26,30). The first-order valence-corrected chi connectivity index (χ1v) is 10.4. The monoisotopic (exact) mass is 433 g/mol. The van der Waals surface area contributed by atoms with Crippen molar-refractivity contribution < 1.29 is 9.21 Å². The number of nitrogens with zero attached hydrogens (tertiary/aromatic N) is 1. The minimum absolute atomic E-state index is 0.148. The van der Waals surface area contributed by atoms with Crippen LogP contribution in [0.4, 0.5) is 0 Å². The van der Waals surface area contributed by atoms with Gasteiger partial charge < -0.3 is 9.40 Å². The molecule has 0 saturated carbocycles. The summed E-state index contributed by atoms with van der Waals surface area (Å²) in [5.41, 5.74) is 6.05. The van der Waals surface area contributed by atoms with Crippen LogP contribution in [-0.2, 0) is 4.79 Å². The summed E-state index contributed by atoms with van der Waals surface area (Å²) in [6, 6.07) is 18.1. The smallest absolute Gasteiger partial charge is 0.253 e. The van der Waals surface area contributed by atoms with Gasteiger partial charge in [0.25, 0.3) is 5.56 Å². The number of hydrogen-bond donors (Lipinski definition) is 2. The lowest BCUT2D eigenvalue weighted by molar-refractivity contribution is -0.133. The van der Waals surface area contributed by atoms with E-state index in [9.17, 15) is 9.59 Å². The molecule has 2 unspecified atom stereocenters. The van der Waals surface area contributed by atoms with Crippen LogP contribution in [0, 0.1) is 0 Å². The fraction of sp³-hybridized carbons (Fsp3) is 0.167. The fourth-order valence-electron chi connectivity index (χ4n) is 4.39. The number of fused-ring (bicyclic) bond motifs is 1. The topological polar surface area (TPSA) is 78.3 Å². The van der Waals surface area contributed by atoms with Crippen molar-refractivity contribution in [2.75, 3.05) is 0 Å². The van der Waals surface area contributed by atoms with Crippen molar-refractivity contribution in [1.29, 1.82) is 0 Å². The van der Waals surface area contributed by atoms with E-state index in [-0.39, 0.29) is 23.6 Å². The average Bonchev–Trinajstić information content (AvgIpc) is 3.43. The summed E-state index contributed by atoms with van der Waals surface area (Å²) < 4.78 is 5.58. The van der Waals surface area contributed by atoms with Crippen LogP contribution < -0.4 is 11.0 Å². The molecule has 0 spiro atoms. The normalized spacial score (nSPS) is 18.6. The van der Waals surface area contributed by atoms with E-state index in [1.54, 1.807) is 23.4 Å². The maximum absolute atomic E-state index is 13.3. The van der Waals surface area contributed by atoms with Gasteiger partial charge >= 0.3 is 0 Å². The van der Waals surface area contributed by atoms with E-state index in [1.165, 1.54) is 6.92 Å². The van der Waals surface area contributed by atoms with Gasteiger partial charge in [-0.1, -0.05) is 41.9 Å². The second-order valence-electron chi connectivity index (χ2n) is 7.64. The van der Waals surface area contributed by atoms with Crippen LogP contribution in [0.25, 0.3) is 22.0 Å². The number of rotatable bonds is 3. The molecule has 1 amide bonds. The maximum Gasteiger partial charge on any atom is 0.253 e. The maximum atomic E-state index is 13.3. The summed E-state index contributed by atoms with van der Waals surface area (Å²) in [5, 5.41) is 2.98. The highest BCUT2D eigenvalue weighted by Crippen LogP contribution is 2.41. The number of carbonyl (C=O) groups excluding carboxylic acids is 1. The van der Waals surface area contributed by atoms with E-state index in [2.05, 4.69) is 10.4 Å². The summed E-state index contributed by atoms with van der Waals surface area (Å²) in [5.74, 6) is 0.525. The summed E-state index contributed by atoms with van der Waals surface area (Å²) in [6.07, 6.45) is 2.09. The molecule has 0 aliphatic carbocycles. The third-order valence-corrected chi connectivity index (χ3v) is 5.94. The van der Waals surface area contributed by atoms with Gasteiger partial charge in [-0.2, -0.15) is 0 Å². The Kier molecular flexibility index (Phi) is 4.88. The van der Waals surface area contributed by atoms with E-state index in [1.807, 2.05) is 48.5 Å². The number of nitrogens with one attached hydrogen (secondary N) is 2. The quantitative estimate of drug-likeness (QED) is 0.477. The highest BCUT2D eigenvalue weighted by Gasteiger charge is 2.39. The molecule has 2 atom stereocenters. The number of hydrogen-bond acceptors (Lipinski definition) is 4. The van der Waals surface area contributed by atoms with E-state index < -0.39 is 0 Å². The molecule has 5 rings (SSSR count). The van der Waals surface area contributed by atoms with Crippen LogP contribution in [0.5, 0.6) is 0 Å². The van der Waals surface area contributed by atoms with Gasteiger partial charge in [-0.25, -0.2) is 5.43 Å². The number of benzene rings is 2. The Bertz CT molecular complexity index is 1320. The lowest BCUT2D eigenvalue weighted by Crippen LogP contribution is -2.38. The number of halogens is 1. The molecule has 1 fully saturated rings. The molecule has 0 bridgehead atoms. The molecule has 0 radical (unpaired) electrons. The van der Waals surface area contributed by atoms with Crippen molar-refractivity contribution in [3.05, 3.63) is 93.6 Å². The molecule has 2 aromatic heterocycles. The Morgan fingerprint density at radius 3 is 2.65 bits per heavy atom. The predicted molar refractivity (Wildman–Crippen MR) is 119 cm³/mol. The Hall–Kier alpha value is -3.35. The molecule has 156 valence electrons. The van der Waals surface area contributed by atoms with Crippen LogP contribution >= 0.6 is 11.6 Å². The van der Waals surface area contributed by atoms with Gasteiger partial charge in [-0.15, -0.1) is 0 Å². The van der Waals surface area contributed by atoms with Crippen LogP contribution in [-0.4, -0.2) is 15.9 Å². The summed E-state index contributed by atoms with van der Waals surface area (Å²) in [4.78, 5) is 28.6. The molecule has 3 heterocycles. The number of carbonyl (C=O) groups is 1. The third kappa shape index (κ3) is 3.44. The Balaban J connectivity index is 1.72. The van der Waals surface area contributed by atoms with Gasteiger partial charge in [0.1, 0.15) is 11.8 Å². The van der Waals surface area contributed by atoms with Gasteiger partial charge in [0, 0.05) is 34.0 Å². The van der Waals surface area contributed by atoms with Gasteiger partial charge in [-0.05, 0) is 42.3 Å². The number of amides is 1. The fourth-order valence-corrected chi connectivity index (χ4v) is 4.56. The third-order valence-electron chi connectivity index (χ3n) is 5.70. The van der Waals surface area contributed by atoms with Crippen LogP contribution in [0.15, 0.2) is 76.1 Å². The van der Waals surface area contributed by atoms with Crippen molar-refractivity contribution in [3.63, 3.8) is 0 Å². The molecule has 31 heavy (non-hydrogen) atoms. The summed E-state index contributed by atoms with van der Waals surface area (Å²) in [7, 11) is 0. The van der Waals surface area contributed by atoms with Crippen LogP contribution in [0.2, 0.25) is 5.02 Å². The van der Waals surface area contributed by atoms with Crippen molar-refractivity contribution in [2.24, 2.45) is 0 Å². The highest BCUT2D eigenvalue weighted by molar-refractivity contribution is 6.31. The minimum Gasteiger partial charge on any atom is -0.467 e. The number of H-pyrrole nitrogens is 1. The second-order valence-corrected chi connectivity index (χ2v) is 8.07. The van der Waals surface area contributed by atoms with E-state index >= 15 is 0 Å². The van der Waals surface area contributed by atoms with Crippen molar-refractivity contribution in [1.82, 2.24) is 15.4 Å². The Labute approximate surface area is 183 Å². The number of furan rings is 1. The first-order valence-electron chi connectivity index (χ1n) is 10.0. The zero-order valence-electron chi connectivity index (χ0n) is 16.8. The summed E-state index contributed by atoms with van der Waals surface area (Å²) >= 11 is 6.31. The second kappa shape index (κ2) is 7.72. The first kappa shape index (κ1) is 19.6. The molecule has 1 aliphatic rings. The number of pyridine rings is 1. The molecular formula is C24H20ClN3O3. The van der Waals surface area contributed by atoms with Crippen molar-refractivity contribution >= 4 is 28.4 Å². The molecule has 2 N–H and O–H groups in total. The summed E-state index contributed by atoms with van der Waals surface area (Å²) in [6.45, 7) is 1.49. The number of aromatic amines is 1. The van der Waals surface area contributed by atoms with E-state index in [0.717, 1.165) is 16.5 Å². The van der Waals surface area contributed by atoms with Crippen molar-refractivity contribution in [3.8, 4) is 11.1 Å². The average molecular weight is 434 g/mol. The zero-order valence-corrected chi connectivity index (χ0v) is 17.5. The Morgan fingerprint density at radius 2 is 1.94 bits per heavy atom. The predicted octanol–water partition coefficient (Wildman–Crippen LogP) is 4.98. The van der Waals surface area contributed by atoms with Gasteiger partial charge in [0.2, 0.25) is 5.91 Å². The number of aromatic nitrogens is 1. The van der Waals surface area contributed by atoms with Crippen molar-refractivity contribution in [2.45, 2.75) is 25.4 Å². The van der Waals surface area contributed by atoms with Crippen LogP contribution in [0.3, 0.4) is 0 Å². The zero-order chi connectivity index (χ0) is 21.5. The van der Waals surface area contributed by atoms with E-state index in [4.69, 9.17) is 16.0 Å². The Morgan fingerprint density at radius 1 is 1.13 bits per heavy atom. The molecule has 2 aromatic carbocycles. The molecule has 1 aliphatic heterocycles. The lowest BCUT2D eigenvalue weighted by Gasteiger charge is -2.22. The van der Waals surface area contributed by atoms with Crippen LogP contribution in [0.1, 0.15) is 36.8 Å². The lowest BCUT2D eigenvalue weighted by atomic mass is 9.90. The number of hydrazine groups is 1. The van der Waals surface area contributed by atoms with Gasteiger partial charge in [0.15, 0.2) is 0 Å². The van der Waals surface area contributed by atoms with Gasteiger partial charge in [-0.3, -0.25) is 14.6 Å². The van der Waals surface area contributed by atoms with E-state index in [0.29, 0.717) is 28.3 Å². The SMILES string of the molecule is CC(=O)N1NC(c2c(-c3ccccc3)c3cc(Cl)ccc3[nH]c2=O)CC1c1ccco1. The minimum atomic E-state index is -0.388. The first-order chi connectivity index (χ1) is 15.0. The molecule has 4 aromatic rings. The molecule has 1 saturated heterocycles. The molecule has 7 heteroatoms.